The summed E-state index contributed by atoms with van der Waals surface area (Å²) < 4.78 is 28.6. The Balaban J connectivity index is 1.36. The van der Waals surface area contributed by atoms with Gasteiger partial charge in [-0.2, -0.15) is 0 Å². The maximum absolute atomic E-state index is 14.4. The smallest absolute Gasteiger partial charge is 0.259 e. The lowest BCUT2D eigenvalue weighted by Gasteiger charge is -2.39. The number of hydrogen-bond donors (Lipinski definition) is 0. The lowest BCUT2D eigenvalue weighted by Crippen LogP contribution is -2.45. The number of aryl methyl sites for hydroxylation is 1. The van der Waals surface area contributed by atoms with Gasteiger partial charge in [-0.15, -0.1) is 0 Å². The molecule has 1 aromatic carbocycles. The minimum Gasteiger partial charge on any atom is -0.342 e. The van der Waals surface area contributed by atoms with Crippen LogP contribution in [0, 0.1) is 51.8 Å². The van der Waals surface area contributed by atoms with Crippen molar-refractivity contribution in [3.63, 3.8) is 0 Å². The molecule has 2 amide bonds. The summed E-state index contributed by atoms with van der Waals surface area (Å²) in [4.78, 5) is 52.1. The van der Waals surface area contributed by atoms with Crippen LogP contribution in [0.4, 0.5) is 8.78 Å². The number of piperidine rings is 1. The van der Waals surface area contributed by atoms with Crippen LogP contribution in [0.1, 0.15) is 54.9 Å². The quantitative estimate of drug-likeness (QED) is 0.465. The molecule has 8 nitrogen and oxygen atoms in total. The number of hydrogen-bond acceptors (Lipinski definition) is 5. The molecule has 0 N–H and O–H groups in total. The fraction of sp³-hybridized carbons (Fsp3) is 0.640. The van der Waals surface area contributed by atoms with Gasteiger partial charge in [-0.1, -0.05) is 13.0 Å². The second kappa shape index (κ2) is 9.62. The molecule has 1 aromatic rings. The van der Waals surface area contributed by atoms with E-state index in [2.05, 4.69) is 0 Å². The molecule has 4 rings (SSSR count). The van der Waals surface area contributed by atoms with Crippen molar-refractivity contribution in [2.75, 3.05) is 32.7 Å². The molecule has 2 heterocycles. The fourth-order valence-electron chi connectivity index (χ4n) is 6.07. The van der Waals surface area contributed by atoms with E-state index in [1.54, 1.807) is 4.90 Å². The highest BCUT2D eigenvalue weighted by molar-refractivity contribution is 5.95. The van der Waals surface area contributed by atoms with Crippen LogP contribution in [0.3, 0.4) is 0 Å². The summed E-state index contributed by atoms with van der Waals surface area (Å²) in [7, 11) is 0. The van der Waals surface area contributed by atoms with Gasteiger partial charge in [-0.25, -0.2) is 8.78 Å². The molecule has 3 fully saturated rings. The molecule has 3 unspecified atom stereocenters. The highest BCUT2D eigenvalue weighted by atomic mass is 19.1. The first-order valence-corrected chi connectivity index (χ1v) is 12.2. The molecule has 190 valence electrons. The summed E-state index contributed by atoms with van der Waals surface area (Å²) in [5, 5.41) is 11.0. The molecule has 0 aromatic heterocycles. The molecule has 1 spiro atoms. The lowest BCUT2D eigenvalue weighted by molar-refractivity contribution is -0.490. The highest BCUT2D eigenvalue weighted by Gasteiger charge is 2.47. The zero-order valence-electron chi connectivity index (χ0n) is 20.1. The predicted molar refractivity (Wildman–Crippen MR) is 122 cm³/mol. The van der Waals surface area contributed by atoms with Crippen molar-refractivity contribution in [1.82, 2.24) is 9.80 Å². The molecule has 35 heavy (non-hydrogen) atoms. The Morgan fingerprint density at radius 1 is 1.14 bits per heavy atom. The van der Waals surface area contributed by atoms with Crippen LogP contribution >= 0.6 is 0 Å². The first-order chi connectivity index (χ1) is 16.5. The Morgan fingerprint density at radius 2 is 1.77 bits per heavy atom. The Labute approximate surface area is 202 Å². The largest absolute Gasteiger partial charge is 0.342 e. The standard InChI is InChI=1S/C25H31F2N3O5/c1-15-3-4-19(26)22(23(15)27)24(33)28-8-5-25(6-9-28)7-10-29(14-25)21(32)12-17-18(13-30(34)35)16(2)11-20(17)31/h3-4,16-18H,5-14H2,1-2H3. The Morgan fingerprint density at radius 3 is 2.40 bits per heavy atom. The minimum atomic E-state index is -0.873. The number of rotatable bonds is 5. The van der Waals surface area contributed by atoms with E-state index in [1.807, 2.05) is 6.92 Å². The Kier molecular flexibility index (Phi) is 6.92. The number of likely N-dealkylation sites (tertiary alicyclic amines) is 2. The van der Waals surface area contributed by atoms with Gasteiger partial charge in [0.05, 0.1) is 0 Å². The number of benzene rings is 1. The SMILES string of the molecule is Cc1ccc(F)c(C(=O)N2CCC3(CCN(C(=O)CC4C(=O)CC(C)C4C[N+](=O)[O-])C3)CC2)c1F. The average molecular weight is 492 g/mol. The van der Waals surface area contributed by atoms with Gasteiger partial charge in [0.25, 0.3) is 5.91 Å². The third-order valence-electron chi connectivity index (χ3n) is 8.34. The van der Waals surface area contributed by atoms with E-state index in [0.717, 1.165) is 12.5 Å². The zero-order chi connectivity index (χ0) is 25.5. The van der Waals surface area contributed by atoms with Gasteiger partial charge < -0.3 is 9.80 Å². The number of Topliss-reactive ketones (excluding diaryl/α,β-unsaturated/α-hetero) is 1. The Hall–Kier alpha value is -2.91. The van der Waals surface area contributed by atoms with Crippen molar-refractivity contribution < 1.29 is 28.1 Å². The number of ketones is 1. The maximum atomic E-state index is 14.4. The third kappa shape index (κ3) is 4.92. The number of carbonyl (C=O) groups is 3. The summed E-state index contributed by atoms with van der Waals surface area (Å²) in [6.45, 7) is 4.72. The van der Waals surface area contributed by atoms with E-state index in [4.69, 9.17) is 0 Å². The molecular formula is C25H31F2N3O5. The Bertz CT molecular complexity index is 1050. The van der Waals surface area contributed by atoms with Gasteiger partial charge in [0.2, 0.25) is 12.5 Å². The summed E-state index contributed by atoms with van der Waals surface area (Å²) in [6, 6.07) is 2.40. The maximum Gasteiger partial charge on any atom is 0.259 e. The topological polar surface area (TPSA) is 101 Å². The van der Waals surface area contributed by atoms with Crippen molar-refractivity contribution in [2.24, 2.45) is 23.2 Å². The molecule has 0 radical (unpaired) electrons. The molecule has 2 saturated heterocycles. The summed E-state index contributed by atoms with van der Waals surface area (Å²) >= 11 is 0. The normalized spacial score (nSPS) is 25.9. The number of nitrogens with zero attached hydrogens (tertiary/aromatic N) is 3. The molecule has 0 bridgehead atoms. The van der Waals surface area contributed by atoms with Crippen LogP contribution < -0.4 is 0 Å². The van der Waals surface area contributed by atoms with Crippen molar-refractivity contribution in [1.29, 1.82) is 0 Å². The molecule has 1 saturated carbocycles. The fourth-order valence-corrected chi connectivity index (χ4v) is 6.07. The van der Waals surface area contributed by atoms with E-state index in [9.17, 15) is 33.3 Å². The number of carbonyl (C=O) groups excluding carboxylic acids is 3. The van der Waals surface area contributed by atoms with Crippen LogP contribution in [-0.4, -0.2) is 65.0 Å². The van der Waals surface area contributed by atoms with Gasteiger partial charge in [0.1, 0.15) is 23.0 Å². The van der Waals surface area contributed by atoms with E-state index in [-0.39, 0.29) is 48.0 Å². The van der Waals surface area contributed by atoms with Gasteiger partial charge >= 0.3 is 0 Å². The average Bonchev–Trinajstić information content (AvgIpc) is 3.32. The summed E-state index contributed by atoms with van der Waals surface area (Å²) in [6.07, 6.45) is 2.24. The van der Waals surface area contributed by atoms with Crippen LogP contribution in [-0.2, 0) is 9.59 Å². The molecule has 2 aliphatic heterocycles. The van der Waals surface area contributed by atoms with E-state index in [0.29, 0.717) is 39.0 Å². The van der Waals surface area contributed by atoms with Gasteiger partial charge in [0, 0.05) is 55.8 Å². The van der Waals surface area contributed by atoms with Crippen molar-refractivity contribution in [2.45, 2.75) is 46.0 Å². The van der Waals surface area contributed by atoms with Crippen molar-refractivity contribution in [3.05, 3.63) is 45.0 Å². The monoisotopic (exact) mass is 491 g/mol. The predicted octanol–water partition coefficient (Wildman–Crippen LogP) is 3.24. The van der Waals surface area contributed by atoms with E-state index >= 15 is 0 Å². The first kappa shape index (κ1) is 25.2. The highest BCUT2D eigenvalue weighted by Crippen LogP contribution is 2.42. The second-order valence-corrected chi connectivity index (χ2v) is 10.5. The van der Waals surface area contributed by atoms with Crippen LogP contribution in [0.25, 0.3) is 0 Å². The molecule has 10 heteroatoms. The molecule has 3 atom stereocenters. The second-order valence-electron chi connectivity index (χ2n) is 10.5. The van der Waals surface area contributed by atoms with Crippen LogP contribution in [0.2, 0.25) is 0 Å². The van der Waals surface area contributed by atoms with Gasteiger partial charge in [-0.3, -0.25) is 24.5 Å². The molecule has 1 aliphatic carbocycles. The van der Waals surface area contributed by atoms with Gasteiger partial charge in [0.15, 0.2) is 0 Å². The van der Waals surface area contributed by atoms with Crippen molar-refractivity contribution in [3.8, 4) is 0 Å². The number of amides is 2. The van der Waals surface area contributed by atoms with Crippen LogP contribution in [0.5, 0.6) is 0 Å². The lowest BCUT2D eigenvalue weighted by atomic mass is 9.77. The molecule has 3 aliphatic rings. The van der Waals surface area contributed by atoms with E-state index in [1.165, 1.54) is 17.9 Å². The van der Waals surface area contributed by atoms with E-state index < -0.39 is 39.9 Å². The summed E-state index contributed by atoms with van der Waals surface area (Å²) in [5.74, 6) is -3.75. The zero-order valence-corrected chi connectivity index (χ0v) is 20.1. The summed E-state index contributed by atoms with van der Waals surface area (Å²) in [5.41, 5.74) is -0.490. The van der Waals surface area contributed by atoms with Gasteiger partial charge in [-0.05, 0) is 49.1 Å². The first-order valence-electron chi connectivity index (χ1n) is 12.2. The number of halogens is 2. The van der Waals surface area contributed by atoms with Crippen LogP contribution in [0.15, 0.2) is 12.1 Å². The minimum absolute atomic E-state index is 0.00567. The third-order valence-corrected chi connectivity index (χ3v) is 8.34. The van der Waals surface area contributed by atoms with Crippen molar-refractivity contribution >= 4 is 17.6 Å². The number of nitro groups is 1. The molecular weight excluding hydrogens is 460 g/mol.